The van der Waals surface area contributed by atoms with Gasteiger partial charge in [0.25, 0.3) is 0 Å². The molecule has 4 nitrogen and oxygen atoms in total. The Bertz CT molecular complexity index is 572. The summed E-state index contributed by atoms with van der Waals surface area (Å²) in [5.41, 5.74) is 1.93. The van der Waals surface area contributed by atoms with Crippen LogP contribution in [0.25, 0.3) is 0 Å². The Hall–Kier alpha value is -1.65. The number of nitrogens with one attached hydrogen (secondary N) is 1. The number of nitrogens with zero attached hydrogens (tertiary/aromatic N) is 2. The van der Waals surface area contributed by atoms with Gasteiger partial charge in [-0.25, -0.2) is 0 Å². The van der Waals surface area contributed by atoms with Crippen LogP contribution >= 0.6 is 11.6 Å². The van der Waals surface area contributed by atoms with Gasteiger partial charge in [0, 0.05) is 12.4 Å². The van der Waals surface area contributed by atoms with E-state index in [1.54, 1.807) is 12.4 Å². The van der Waals surface area contributed by atoms with E-state index in [-0.39, 0.29) is 12.1 Å². The number of hydrogen-bond donors (Lipinski definition) is 1. The molecule has 0 fully saturated rings. The molecule has 1 N–H and O–H groups in total. The first kappa shape index (κ1) is 15.7. The Morgan fingerprint density at radius 2 is 2.05 bits per heavy atom. The van der Waals surface area contributed by atoms with Crippen LogP contribution in [-0.2, 0) is 0 Å². The van der Waals surface area contributed by atoms with E-state index in [1.807, 2.05) is 38.2 Å². The van der Waals surface area contributed by atoms with E-state index in [0.29, 0.717) is 5.02 Å². The van der Waals surface area contributed by atoms with Crippen molar-refractivity contribution in [2.24, 2.45) is 0 Å². The minimum atomic E-state index is -0.0320. The van der Waals surface area contributed by atoms with Crippen molar-refractivity contribution >= 4 is 11.6 Å². The summed E-state index contributed by atoms with van der Waals surface area (Å²) in [6.45, 7) is 6.87. The molecule has 0 spiro atoms. The molecule has 0 saturated heterocycles. The molecular weight excluding hydrogens is 286 g/mol. The van der Waals surface area contributed by atoms with Gasteiger partial charge in [0.05, 0.1) is 29.1 Å². The van der Waals surface area contributed by atoms with Gasteiger partial charge in [0.2, 0.25) is 0 Å². The molecule has 1 atom stereocenters. The van der Waals surface area contributed by atoms with Crippen LogP contribution < -0.4 is 10.1 Å². The van der Waals surface area contributed by atoms with Gasteiger partial charge in [0.1, 0.15) is 5.75 Å². The summed E-state index contributed by atoms with van der Waals surface area (Å²) in [5, 5.41) is 4.04. The predicted molar refractivity (Wildman–Crippen MR) is 84.8 cm³/mol. The average molecular weight is 306 g/mol. The number of aromatic nitrogens is 2. The topological polar surface area (TPSA) is 47.0 Å². The maximum atomic E-state index is 5.91. The Balaban J connectivity index is 2.31. The number of pyridine rings is 2. The van der Waals surface area contributed by atoms with Gasteiger partial charge in [-0.2, -0.15) is 0 Å². The zero-order chi connectivity index (χ0) is 15.2. The van der Waals surface area contributed by atoms with Crippen molar-refractivity contribution in [3.63, 3.8) is 0 Å². The lowest BCUT2D eigenvalue weighted by atomic mass is 10.0. The fourth-order valence-electron chi connectivity index (χ4n) is 2.09. The molecule has 0 bridgehead atoms. The molecule has 2 aromatic rings. The Morgan fingerprint density at radius 3 is 2.67 bits per heavy atom. The summed E-state index contributed by atoms with van der Waals surface area (Å²) >= 11 is 5.91. The van der Waals surface area contributed by atoms with Gasteiger partial charge in [0.15, 0.2) is 0 Å². The lowest BCUT2D eigenvalue weighted by molar-refractivity contribution is 0.241. The third-order valence-electron chi connectivity index (χ3n) is 2.89. The quantitative estimate of drug-likeness (QED) is 0.885. The highest BCUT2D eigenvalue weighted by atomic mass is 35.5. The van der Waals surface area contributed by atoms with Crippen LogP contribution in [0.1, 0.15) is 38.1 Å². The first-order valence-electron chi connectivity index (χ1n) is 7.06. The molecule has 5 heteroatoms. The van der Waals surface area contributed by atoms with Gasteiger partial charge in [-0.15, -0.1) is 0 Å². The van der Waals surface area contributed by atoms with Crippen molar-refractivity contribution < 1.29 is 4.74 Å². The Morgan fingerprint density at radius 1 is 1.24 bits per heavy atom. The van der Waals surface area contributed by atoms with E-state index in [9.17, 15) is 0 Å². The van der Waals surface area contributed by atoms with Crippen LogP contribution in [-0.4, -0.2) is 22.6 Å². The average Bonchev–Trinajstić information content (AvgIpc) is 2.45. The lowest BCUT2D eigenvalue weighted by Crippen LogP contribution is -2.23. The van der Waals surface area contributed by atoms with E-state index in [0.717, 1.165) is 23.6 Å². The van der Waals surface area contributed by atoms with Crippen molar-refractivity contribution in [2.75, 3.05) is 6.54 Å². The molecule has 0 saturated carbocycles. The van der Waals surface area contributed by atoms with E-state index in [1.165, 1.54) is 0 Å². The highest BCUT2D eigenvalue weighted by Crippen LogP contribution is 2.24. The second-order valence-corrected chi connectivity index (χ2v) is 5.45. The Labute approximate surface area is 130 Å². The van der Waals surface area contributed by atoms with E-state index in [4.69, 9.17) is 16.3 Å². The summed E-state index contributed by atoms with van der Waals surface area (Å²) < 4.78 is 5.71. The van der Waals surface area contributed by atoms with Crippen LogP contribution in [0.2, 0.25) is 5.02 Å². The minimum absolute atomic E-state index is 0.0320. The number of ether oxygens (including phenoxy) is 1. The third-order valence-corrected chi connectivity index (χ3v) is 3.12. The number of rotatable bonds is 6. The van der Waals surface area contributed by atoms with Gasteiger partial charge < -0.3 is 10.1 Å². The van der Waals surface area contributed by atoms with Crippen LogP contribution in [0.4, 0.5) is 0 Å². The molecule has 21 heavy (non-hydrogen) atoms. The highest BCUT2D eigenvalue weighted by molar-refractivity contribution is 6.30. The second-order valence-electron chi connectivity index (χ2n) is 5.01. The molecule has 2 rings (SSSR count). The van der Waals surface area contributed by atoms with Crippen molar-refractivity contribution in [2.45, 2.75) is 32.9 Å². The van der Waals surface area contributed by atoms with Gasteiger partial charge >= 0.3 is 0 Å². The highest BCUT2D eigenvalue weighted by Gasteiger charge is 2.15. The summed E-state index contributed by atoms with van der Waals surface area (Å²) in [5.74, 6) is 0.763. The Kier molecular flexibility index (Phi) is 5.53. The van der Waals surface area contributed by atoms with Crippen molar-refractivity contribution in [3.8, 4) is 5.75 Å². The van der Waals surface area contributed by atoms with E-state index in [2.05, 4.69) is 22.2 Å². The first-order valence-corrected chi connectivity index (χ1v) is 7.44. The fourth-order valence-corrected chi connectivity index (χ4v) is 2.20. The summed E-state index contributed by atoms with van der Waals surface area (Å²) in [6, 6.07) is 5.73. The molecule has 0 amide bonds. The molecule has 0 aromatic carbocycles. The lowest BCUT2D eigenvalue weighted by Gasteiger charge is -2.19. The number of halogens is 1. The maximum absolute atomic E-state index is 5.91. The first-order chi connectivity index (χ1) is 10.1. The molecule has 0 aliphatic heterocycles. The summed E-state index contributed by atoms with van der Waals surface area (Å²) in [7, 11) is 0. The number of hydrogen-bond acceptors (Lipinski definition) is 4. The van der Waals surface area contributed by atoms with E-state index >= 15 is 0 Å². The van der Waals surface area contributed by atoms with Crippen LogP contribution in [0.3, 0.4) is 0 Å². The zero-order valence-electron chi connectivity index (χ0n) is 12.5. The molecule has 0 radical (unpaired) electrons. The zero-order valence-corrected chi connectivity index (χ0v) is 13.3. The fraction of sp³-hybridized carbons (Fsp3) is 0.375. The molecule has 2 heterocycles. The molecule has 1 unspecified atom stereocenters. The summed E-state index contributed by atoms with van der Waals surface area (Å²) in [6.07, 6.45) is 5.33. The van der Waals surface area contributed by atoms with Crippen LogP contribution in [0, 0.1) is 0 Å². The third kappa shape index (κ3) is 4.41. The second kappa shape index (κ2) is 7.38. The molecule has 112 valence electrons. The van der Waals surface area contributed by atoms with Crippen LogP contribution in [0.15, 0.2) is 36.8 Å². The standard InChI is InChI=1S/C16H20ClN3O/c1-4-19-16(15-6-5-13(17)9-20-15)12-7-14(10-18-8-12)21-11(2)3/h5-11,16,19H,4H2,1-3H3. The maximum Gasteiger partial charge on any atom is 0.138 e. The smallest absolute Gasteiger partial charge is 0.138 e. The molecular formula is C16H20ClN3O. The minimum Gasteiger partial charge on any atom is -0.489 e. The monoisotopic (exact) mass is 305 g/mol. The largest absolute Gasteiger partial charge is 0.489 e. The van der Waals surface area contributed by atoms with Gasteiger partial charge in [-0.05, 0) is 44.2 Å². The SMILES string of the molecule is CCNC(c1cncc(OC(C)C)c1)c1ccc(Cl)cn1. The normalized spacial score (nSPS) is 12.4. The molecule has 0 aliphatic carbocycles. The van der Waals surface area contributed by atoms with Crippen molar-refractivity contribution in [1.29, 1.82) is 0 Å². The summed E-state index contributed by atoms with van der Waals surface area (Å²) in [4.78, 5) is 8.67. The van der Waals surface area contributed by atoms with Gasteiger partial charge in [-0.3, -0.25) is 9.97 Å². The van der Waals surface area contributed by atoms with Crippen molar-refractivity contribution in [3.05, 3.63) is 53.1 Å². The molecule has 2 aromatic heterocycles. The van der Waals surface area contributed by atoms with Gasteiger partial charge in [-0.1, -0.05) is 18.5 Å². The van der Waals surface area contributed by atoms with Crippen LogP contribution in [0.5, 0.6) is 5.75 Å². The predicted octanol–water partition coefficient (Wildman–Crippen LogP) is 3.62. The van der Waals surface area contributed by atoms with Crippen molar-refractivity contribution in [1.82, 2.24) is 15.3 Å². The molecule has 0 aliphatic rings. The van der Waals surface area contributed by atoms with E-state index < -0.39 is 0 Å².